The topological polar surface area (TPSA) is 68.5 Å². The highest BCUT2D eigenvalue weighted by molar-refractivity contribution is 5.96. The Morgan fingerprint density at radius 2 is 2.07 bits per heavy atom. The Kier molecular flexibility index (Phi) is 4.77. The van der Waals surface area contributed by atoms with Crippen molar-refractivity contribution in [1.82, 2.24) is 10.1 Å². The van der Waals surface area contributed by atoms with Gasteiger partial charge in [0, 0.05) is 19.0 Å². The zero-order valence-electron chi connectivity index (χ0n) is 15.1. The van der Waals surface area contributed by atoms with Crippen LogP contribution in [0, 0.1) is 11.6 Å². The van der Waals surface area contributed by atoms with Crippen molar-refractivity contribution < 1.29 is 22.8 Å². The van der Waals surface area contributed by atoms with Gasteiger partial charge < -0.3 is 14.2 Å². The molecule has 2 aromatic carbocycles. The third kappa shape index (κ3) is 3.33. The number of amides is 1. The summed E-state index contributed by atoms with van der Waals surface area (Å²) in [5.41, 5.74) is 0.723. The molecule has 1 aromatic heterocycles. The van der Waals surface area contributed by atoms with E-state index in [0.717, 1.165) is 12.1 Å². The molecule has 28 heavy (non-hydrogen) atoms. The van der Waals surface area contributed by atoms with Crippen LogP contribution in [0.1, 0.15) is 25.2 Å². The number of benzene rings is 2. The maximum atomic E-state index is 14.0. The summed E-state index contributed by atoms with van der Waals surface area (Å²) in [6.07, 6.45) is 0.103. The molecule has 0 bridgehead atoms. The van der Waals surface area contributed by atoms with Gasteiger partial charge in [0.1, 0.15) is 17.4 Å². The molecule has 1 aliphatic rings. The van der Waals surface area contributed by atoms with E-state index in [1.165, 1.54) is 11.0 Å². The molecular weight excluding hydrogens is 368 g/mol. The third-order valence-corrected chi connectivity index (χ3v) is 4.54. The second-order valence-corrected chi connectivity index (χ2v) is 6.39. The summed E-state index contributed by atoms with van der Waals surface area (Å²) in [6, 6.07) is 10.4. The van der Waals surface area contributed by atoms with Crippen LogP contribution in [0.4, 0.5) is 14.5 Å². The Morgan fingerprint density at radius 3 is 2.86 bits per heavy atom. The fourth-order valence-electron chi connectivity index (χ4n) is 3.25. The van der Waals surface area contributed by atoms with E-state index in [9.17, 15) is 13.6 Å². The van der Waals surface area contributed by atoms with Gasteiger partial charge in [0.2, 0.25) is 17.6 Å². The summed E-state index contributed by atoms with van der Waals surface area (Å²) in [4.78, 5) is 18.1. The van der Waals surface area contributed by atoms with Crippen LogP contribution in [0.2, 0.25) is 0 Å². The monoisotopic (exact) mass is 385 g/mol. The van der Waals surface area contributed by atoms with Crippen LogP contribution in [0.15, 0.2) is 47.0 Å². The number of nitrogens with zero attached hydrogens (tertiary/aromatic N) is 3. The Labute approximate surface area is 159 Å². The van der Waals surface area contributed by atoms with Crippen molar-refractivity contribution in [1.29, 1.82) is 0 Å². The Hall–Kier alpha value is -3.29. The Balaban J connectivity index is 1.58. The first-order valence-corrected chi connectivity index (χ1v) is 8.88. The van der Waals surface area contributed by atoms with E-state index in [1.54, 1.807) is 0 Å². The number of hydrogen-bond donors (Lipinski definition) is 0. The number of aromatic nitrogens is 2. The molecule has 144 valence electrons. The van der Waals surface area contributed by atoms with Gasteiger partial charge in [-0.1, -0.05) is 17.3 Å². The van der Waals surface area contributed by atoms with E-state index in [2.05, 4.69) is 10.1 Å². The molecule has 6 nitrogen and oxygen atoms in total. The third-order valence-electron chi connectivity index (χ3n) is 4.54. The first-order valence-electron chi connectivity index (χ1n) is 8.88. The fraction of sp³-hybridized carbons (Fsp3) is 0.250. The number of carbonyl (C=O) groups is 1. The molecule has 1 aliphatic heterocycles. The molecule has 3 aromatic rings. The number of para-hydroxylation sites is 1. The normalized spacial score (nSPS) is 16.6. The van der Waals surface area contributed by atoms with Gasteiger partial charge in [-0.15, -0.1) is 0 Å². The molecule has 1 amide bonds. The van der Waals surface area contributed by atoms with Gasteiger partial charge in [-0.25, -0.2) is 8.78 Å². The number of rotatable bonds is 5. The van der Waals surface area contributed by atoms with Crippen LogP contribution < -0.4 is 9.64 Å². The highest BCUT2D eigenvalue weighted by atomic mass is 19.1. The van der Waals surface area contributed by atoms with E-state index in [4.69, 9.17) is 9.26 Å². The van der Waals surface area contributed by atoms with E-state index in [-0.39, 0.29) is 30.5 Å². The van der Waals surface area contributed by atoms with Crippen LogP contribution in [0.25, 0.3) is 11.4 Å². The van der Waals surface area contributed by atoms with Crippen LogP contribution in [0.5, 0.6) is 5.75 Å². The van der Waals surface area contributed by atoms with Crippen molar-refractivity contribution in [3.05, 3.63) is 60.0 Å². The molecule has 0 radical (unpaired) electrons. The van der Waals surface area contributed by atoms with E-state index >= 15 is 0 Å². The summed E-state index contributed by atoms with van der Waals surface area (Å²) in [5, 5.41) is 4.01. The molecule has 0 aliphatic carbocycles. The highest BCUT2D eigenvalue weighted by Gasteiger charge is 2.36. The number of hydrogen-bond acceptors (Lipinski definition) is 5. The smallest absolute Gasteiger partial charge is 0.232 e. The number of anilines is 1. The summed E-state index contributed by atoms with van der Waals surface area (Å²) >= 11 is 0. The number of carbonyl (C=O) groups excluding carboxylic acids is 1. The van der Waals surface area contributed by atoms with Crippen molar-refractivity contribution in [3.63, 3.8) is 0 Å². The molecule has 2 heterocycles. The van der Waals surface area contributed by atoms with Gasteiger partial charge >= 0.3 is 0 Å². The minimum Gasteiger partial charge on any atom is -0.493 e. The summed E-state index contributed by atoms with van der Waals surface area (Å²) in [7, 11) is 0. The van der Waals surface area contributed by atoms with Gasteiger partial charge in [0.25, 0.3) is 0 Å². The molecule has 0 spiro atoms. The molecular formula is C20H17F2N3O3. The minimum atomic E-state index is -0.786. The molecule has 1 saturated heterocycles. The lowest BCUT2D eigenvalue weighted by Crippen LogP contribution is -2.25. The molecule has 0 N–H and O–H groups in total. The van der Waals surface area contributed by atoms with Gasteiger partial charge in [0.05, 0.1) is 23.8 Å². The van der Waals surface area contributed by atoms with E-state index < -0.39 is 11.6 Å². The van der Waals surface area contributed by atoms with E-state index in [1.807, 2.05) is 31.2 Å². The Morgan fingerprint density at radius 1 is 1.25 bits per heavy atom. The van der Waals surface area contributed by atoms with Gasteiger partial charge in [-0.3, -0.25) is 4.79 Å². The second-order valence-electron chi connectivity index (χ2n) is 6.39. The van der Waals surface area contributed by atoms with Crippen molar-refractivity contribution in [2.24, 2.45) is 0 Å². The lowest BCUT2D eigenvalue weighted by Gasteiger charge is -2.16. The molecule has 0 saturated carbocycles. The van der Waals surface area contributed by atoms with Crippen molar-refractivity contribution in [3.8, 4) is 17.1 Å². The summed E-state index contributed by atoms with van der Waals surface area (Å²) < 4.78 is 38.1. The molecule has 8 heteroatoms. The zero-order valence-corrected chi connectivity index (χ0v) is 15.1. The highest BCUT2D eigenvalue weighted by Crippen LogP contribution is 2.34. The molecule has 1 unspecified atom stereocenters. The quantitative estimate of drug-likeness (QED) is 0.666. The van der Waals surface area contributed by atoms with Crippen molar-refractivity contribution in [2.75, 3.05) is 18.1 Å². The van der Waals surface area contributed by atoms with Crippen LogP contribution in [-0.2, 0) is 4.79 Å². The van der Waals surface area contributed by atoms with Gasteiger partial charge in [-0.05, 0) is 31.2 Å². The van der Waals surface area contributed by atoms with Gasteiger partial charge in [0.15, 0.2) is 0 Å². The minimum absolute atomic E-state index is 0.0373. The van der Waals surface area contributed by atoms with Crippen LogP contribution in [0.3, 0.4) is 0 Å². The lowest BCUT2D eigenvalue weighted by atomic mass is 10.1. The lowest BCUT2D eigenvalue weighted by molar-refractivity contribution is -0.117. The summed E-state index contributed by atoms with van der Waals surface area (Å²) in [6.45, 7) is 2.55. The first-order chi connectivity index (χ1) is 13.6. The maximum absolute atomic E-state index is 14.0. The van der Waals surface area contributed by atoms with Crippen LogP contribution >= 0.6 is 0 Å². The Bertz CT molecular complexity index is 1020. The second kappa shape index (κ2) is 7.38. The van der Waals surface area contributed by atoms with Crippen molar-refractivity contribution in [2.45, 2.75) is 19.3 Å². The van der Waals surface area contributed by atoms with Gasteiger partial charge in [-0.2, -0.15) is 4.98 Å². The largest absolute Gasteiger partial charge is 0.493 e. The SMILES string of the molecule is CCOc1ccccc1-c1noc(C2CC(=O)N(c3ccc(F)cc3F)C2)n1. The zero-order chi connectivity index (χ0) is 19.7. The standard InChI is InChI=1S/C20H17F2N3O3/c1-2-27-17-6-4-3-5-14(17)19-23-20(28-24-19)12-9-18(26)25(11-12)16-8-7-13(21)10-15(16)22/h3-8,10,12H,2,9,11H2,1H3. The fourth-order valence-corrected chi connectivity index (χ4v) is 3.25. The molecule has 1 atom stereocenters. The average Bonchev–Trinajstić information content (AvgIpc) is 3.30. The average molecular weight is 385 g/mol. The summed E-state index contributed by atoms with van der Waals surface area (Å²) in [5.74, 6) is -0.861. The maximum Gasteiger partial charge on any atom is 0.232 e. The first kappa shape index (κ1) is 18.1. The molecule has 4 rings (SSSR count). The molecule has 1 fully saturated rings. The van der Waals surface area contributed by atoms with Crippen LogP contribution in [-0.4, -0.2) is 29.2 Å². The predicted molar refractivity (Wildman–Crippen MR) is 97.0 cm³/mol. The van der Waals surface area contributed by atoms with Crippen molar-refractivity contribution >= 4 is 11.6 Å². The van der Waals surface area contributed by atoms with E-state index in [0.29, 0.717) is 29.6 Å². The predicted octanol–water partition coefficient (Wildman–Crippen LogP) is 3.93. The number of ether oxygens (including phenoxy) is 1. The number of halogens is 2.